The summed E-state index contributed by atoms with van der Waals surface area (Å²) in [5.41, 5.74) is 1.93. The lowest BCUT2D eigenvalue weighted by Gasteiger charge is -2.09. The zero-order valence-corrected chi connectivity index (χ0v) is 15.5. The lowest BCUT2D eigenvalue weighted by atomic mass is 10.1. The van der Waals surface area contributed by atoms with Gasteiger partial charge in [0.1, 0.15) is 5.75 Å². The average molecular weight is 369 g/mol. The Morgan fingerprint density at radius 2 is 1.67 bits per heavy atom. The maximum Gasteiger partial charge on any atom is 0.344 e. The number of rotatable bonds is 9. The van der Waals surface area contributed by atoms with E-state index in [9.17, 15) is 14.4 Å². The fourth-order valence-electron chi connectivity index (χ4n) is 2.32. The minimum absolute atomic E-state index is 0.0702. The lowest BCUT2D eigenvalue weighted by molar-refractivity contribution is -0.144. The smallest absolute Gasteiger partial charge is 0.344 e. The highest BCUT2D eigenvalue weighted by atomic mass is 16.6. The maximum atomic E-state index is 12.1. The number of carbonyl (C=O) groups excluding carboxylic acids is 3. The number of benzene rings is 2. The highest BCUT2D eigenvalue weighted by Gasteiger charge is 2.11. The third-order valence-corrected chi connectivity index (χ3v) is 3.77. The molecule has 0 fully saturated rings. The summed E-state index contributed by atoms with van der Waals surface area (Å²) in [6.45, 7) is 3.17. The molecule has 142 valence electrons. The number of carbonyl (C=O) groups is 3. The molecule has 0 aromatic heterocycles. The van der Waals surface area contributed by atoms with Crippen LogP contribution >= 0.6 is 0 Å². The van der Waals surface area contributed by atoms with Crippen molar-refractivity contribution in [3.63, 3.8) is 0 Å². The average Bonchev–Trinajstić information content (AvgIpc) is 2.66. The number of para-hydroxylation sites is 1. The summed E-state index contributed by atoms with van der Waals surface area (Å²) in [6, 6.07) is 13.8. The van der Waals surface area contributed by atoms with E-state index in [1.807, 2.05) is 32.0 Å². The Kier molecular flexibility index (Phi) is 7.55. The minimum Gasteiger partial charge on any atom is -0.482 e. The van der Waals surface area contributed by atoms with Crippen molar-refractivity contribution in [2.24, 2.45) is 0 Å². The number of hydrogen-bond donors (Lipinski definition) is 1. The molecule has 0 radical (unpaired) electrons. The van der Waals surface area contributed by atoms with Crippen molar-refractivity contribution in [2.45, 2.75) is 26.7 Å². The van der Waals surface area contributed by atoms with Crippen LogP contribution < -0.4 is 10.1 Å². The molecule has 0 unspecified atom stereocenters. The van der Waals surface area contributed by atoms with Gasteiger partial charge in [-0.15, -0.1) is 0 Å². The van der Waals surface area contributed by atoms with E-state index in [-0.39, 0.29) is 24.9 Å². The normalized spacial score (nSPS) is 10.1. The van der Waals surface area contributed by atoms with Crippen molar-refractivity contribution in [1.29, 1.82) is 0 Å². The molecule has 0 aliphatic heterocycles. The summed E-state index contributed by atoms with van der Waals surface area (Å²) in [5, 5.41) is 2.74. The monoisotopic (exact) mass is 369 g/mol. The fraction of sp³-hybridized carbons (Fsp3) is 0.286. The Hall–Kier alpha value is -3.15. The van der Waals surface area contributed by atoms with Gasteiger partial charge in [0.15, 0.2) is 19.0 Å². The van der Waals surface area contributed by atoms with Crippen molar-refractivity contribution < 1.29 is 23.9 Å². The van der Waals surface area contributed by atoms with Crippen LogP contribution in [0.5, 0.6) is 5.75 Å². The molecule has 2 aromatic rings. The SMILES string of the molecule is CCCC(=O)Nc1ccc(C(=O)COC(=O)COc2ccccc2C)cc1. The van der Waals surface area contributed by atoms with Gasteiger partial charge in [0.05, 0.1) is 0 Å². The van der Waals surface area contributed by atoms with Crippen LogP contribution in [0.1, 0.15) is 35.7 Å². The maximum absolute atomic E-state index is 12.1. The molecule has 27 heavy (non-hydrogen) atoms. The Morgan fingerprint density at radius 1 is 0.963 bits per heavy atom. The molecule has 0 aliphatic rings. The number of ketones is 1. The summed E-state index contributed by atoms with van der Waals surface area (Å²) in [4.78, 5) is 35.4. The van der Waals surface area contributed by atoms with Crippen LogP contribution in [0.3, 0.4) is 0 Å². The first-order chi connectivity index (χ1) is 13.0. The zero-order chi connectivity index (χ0) is 19.6. The second kappa shape index (κ2) is 10.1. The number of hydrogen-bond acceptors (Lipinski definition) is 5. The van der Waals surface area contributed by atoms with Crippen molar-refractivity contribution >= 4 is 23.3 Å². The minimum atomic E-state index is -0.616. The van der Waals surface area contributed by atoms with Crippen LogP contribution in [0.2, 0.25) is 0 Å². The Balaban J connectivity index is 1.78. The van der Waals surface area contributed by atoms with Gasteiger partial charge >= 0.3 is 5.97 Å². The number of amides is 1. The van der Waals surface area contributed by atoms with Gasteiger partial charge in [0, 0.05) is 17.7 Å². The summed E-state index contributed by atoms with van der Waals surface area (Å²) in [5.74, 6) is -0.415. The molecule has 0 spiro atoms. The van der Waals surface area contributed by atoms with Crippen LogP contribution in [0.15, 0.2) is 48.5 Å². The van der Waals surface area contributed by atoms with Crippen molar-refractivity contribution in [3.05, 3.63) is 59.7 Å². The molecule has 2 rings (SSSR count). The number of nitrogens with one attached hydrogen (secondary N) is 1. The largest absolute Gasteiger partial charge is 0.482 e. The van der Waals surface area contributed by atoms with Crippen LogP contribution in [0.4, 0.5) is 5.69 Å². The number of aryl methyl sites for hydroxylation is 1. The summed E-state index contributed by atoms with van der Waals surface area (Å²) >= 11 is 0. The molecule has 0 saturated carbocycles. The molecular formula is C21H23NO5. The molecule has 6 nitrogen and oxygen atoms in total. The van der Waals surface area contributed by atoms with Gasteiger partial charge in [-0.2, -0.15) is 0 Å². The Bertz CT molecular complexity index is 798. The van der Waals surface area contributed by atoms with Crippen molar-refractivity contribution in [2.75, 3.05) is 18.5 Å². The van der Waals surface area contributed by atoms with E-state index in [0.717, 1.165) is 12.0 Å². The molecule has 1 N–H and O–H groups in total. The second-order valence-electron chi connectivity index (χ2n) is 6.01. The summed E-state index contributed by atoms with van der Waals surface area (Å²) in [7, 11) is 0. The summed E-state index contributed by atoms with van der Waals surface area (Å²) in [6.07, 6.45) is 1.21. The highest BCUT2D eigenvalue weighted by Crippen LogP contribution is 2.16. The van der Waals surface area contributed by atoms with Gasteiger partial charge in [-0.05, 0) is 49.2 Å². The Morgan fingerprint density at radius 3 is 2.33 bits per heavy atom. The molecule has 0 atom stereocenters. The predicted molar refractivity (Wildman–Crippen MR) is 102 cm³/mol. The van der Waals surface area contributed by atoms with E-state index in [0.29, 0.717) is 23.4 Å². The number of esters is 1. The molecule has 1 amide bonds. The molecule has 0 heterocycles. The lowest BCUT2D eigenvalue weighted by Crippen LogP contribution is -2.19. The molecule has 0 aliphatic carbocycles. The van der Waals surface area contributed by atoms with Gasteiger partial charge in [-0.1, -0.05) is 25.1 Å². The first-order valence-electron chi connectivity index (χ1n) is 8.76. The standard InChI is InChI=1S/C21H23NO5/c1-3-6-20(24)22-17-11-9-16(10-12-17)18(23)13-27-21(25)14-26-19-8-5-4-7-15(19)2/h4-5,7-12H,3,6,13-14H2,1-2H3,(H,22,24). The topological polar surface area (TPSA) is 81.7 Å². The zero-order valence-electron chi connectivity index (χ0n) is 15.5. The molecule has 2 aromatic carbocycles. The third kappa shape index (κ3) is 6.58. The van der Waals surface area contributed by atoms with Gasteiger partial charge in [0.2, 0.25) is 5.91 Å². The fourth-order valence-corrected chi connectivity index (χ4v) is 2.32. The van der Waals surface area contributed by atoms with E-state index in [1.165, 1.54) is 0 Å². The van der Waals surface area contributed by atoms with Crippen molar-refractivity contribution in [3.8, 4) is 5.75 Å². The number of anilines is 1. The van der Waals surface area contributed by atoms with Gasteiger partial charge < -0.3 is 14.8 Å². The van der Waals surface area contributed by atoms with E-state index in [2.05, 4.69) is 5.32 Å². The summed E-state index contributed by atoms with van der Waals surface area (Å²) < 4.78 is 10.3. The van der Waals surface area contributed by atoms with Crippen LogP contribution in [0.25, 0.3) is 0 Å². The predicted octanol–water partition coefficient (Wildman–Crippen LogP) is 3.54. The molecule has 0 bridgehead atoms. The number of ether oxygens (including phenoxy) is 2. The van der Waals surface area contributed by atoms with E-state index >= 15 is 0 Å². The molecular weight excluding hydrogens is 346 g/mol. The van der Waals surface area contributed by atoms with E-state index < -0.39 is 5.97 Å². The molecule has 0 saturated heterocycles. The van der Waals surface area contributed by atoms with Crippen LogP contribution in [0, 0.1) is 6.92 Å². The van der Waals surface area contributed by atoms with Gasteiger partial charge in [0.25, 0.3) is 0 Å². The van der Waals surface area contributed by atoms with E-state index in [1.54, 1.807) is 30.3 Å². The third-order valence-electron chi connectivity index (χ3n) is 3.77. The van der Waals surface area contributed by atoms with Gasteiger partial charge in [-0.25, -0.2) is 4.79 Å². The highest BCUT2D eigenvalue weighted by molar-refractivity contribution is 5.98. The molecule has 6 heteroatoms. The second-order valence-corrected chi connectivity index (χ2v) is 6.01. The first-order valence-corrected chi connectivity index (χ1v) is 8.76. The van der Waals surface area contributed by atoms with Crippen molar-refractivity contribution in [1.82, 2.24) is 0 Å². The van der Waals surface area contributed by atoms with Crippen LogP contribution in [-0.4, -0.2) is 30.9 Å². The van der Waals surface area contributed by atoms with Crippen LogP contribution in [-0.2, 0) is 14.3 Å². The van der Waals surface area contributed by atoms with Gasteiger partial charge in [-0.3, -0.25) is 9.59 Å². The number of Topliss-reactive ketones (excluding diaryl/α,β-unsaturated/α-hetero) is 1. The Labute approximate surface area is 158 Å². The van der Waals surface area contributed by atoms with E-state index in [4.69, 9.17) is 9.47 Å². The first kappa shape index (κ1) is 20.2. The quantitative estimate of drug-likeness (QED) is 0.540.